The van der Waals surface area contributed by atoms with Crippen molar-refractivity contribution in [1.82, 2.24) is 14.5 Å². The average molecular weight is 326 g/mol. The first-order valence-corrected chi connectivity index (χ1v) is 8.05. The summed E-state index contributed by atoms with van der Waals surface area (Å²) in [7, 11) is 0. The molecule has 0 bridgehead atoms. The molecule has 24 heavy (non-hydrogen) atoms. The van der Waals surface area contributed by atoms with Gasteiger partial charge in [-0.3, -0.25) is 14.2 Å². The zero-order chi connectivity index (χ0) is 16.7. The Balaban J connectivity index is 1.70. The number of para-hydroxylation sites is 1. The van der Waals surface area contributed by atoms with Crippen molar-refractivity contribution in [2.24, 2.45) is 5.73 Å². The first kappa shape index (κ1) is 14.9. The zero-order valence-electron chi connectivity index (χ0n) is 13.1. The van der Waals surface area contributed by atoms with Gasteiger partial charge in [-0.2, -0.15) is 0 Å². The predicted octanol–water partition coefficient (Wildman–Crippen LogP) is 1.09. The van der Waals surface area contributed by atoms with Crippen LogP contribution in [0.4, 0.5) is 0 Å². The topological polar surface area (TPSA) is 94.4 Å². The van der Waals surface area contributed by atoms with Gasteiger partial charge in [0.1, 0.15) is 17.6 Å². The van der Waals surface area contributed by atoms with E-state index in [0.717, 1.165) is 18.2 Å². The number of amides is 1. The van der Waals surface area contributed by atoms with Crippen LogP contribution < -0.4 is 11.3 Å². The summed E-state index contributed by atoms with van der Waals surface area (Å²) < 4.78 is 6.94. The molecule has 2 N–H and O–H groups in total. The van der Waals surface area contributed by atoms with Crippen LogP contribution in [0.25, 0.3) is 22.1 Å². The number of nitrogens with two attached hydrogens (primary N) is 1. The Morgan fingerprint density at radius 2 is 2.21 bits per heavy atom. The Bertz CT molecular complexity index is 975. The SMILES string of the molecule is NCC1CCCN1C(=O)Cn1cnc2c(oc3ccccc32)c1=O. The van der Waals surface area contributed by atoms with Crippen LogP contribution in [-0.2, 0) is 11.3 Å². The van der Waals surface area contributed by atoms with E-state index in [9.17, 15) is 9.59 Å². The van der Waals surface area contributed by atoms with E-state index in [4.69, 9.17) is 10.2 Å². The molecule has 0 radical (unpaired) electrons. The molecule has 1 aromatic carbocycles. The summed E-state index contributed by atoms with van der Waals surface area (Å²) in [5, 5.41) is 0.797. The highest BCUT2D eigenvalue weighted by molar-refractivity contribution is 6.01. The van der Waals surface area contributed by atoms with Crippen LogP contribution in [0.3, 0.4) is 0 Å². The van der Waals surface area contributed by atoms with Gasteiger partial charge in [-0.05, 0) is 25.0 Å². The van der Waals surface area contributed by atoms with Gasteiger partial charge in [0.25, 0.3) is 5.56 Å². The highest BCUT2D eigenvalue weighted by atomic mass is 16.3. The Kier molecular flexibility index (Phi) is 3.57. The molecule has 124 valence electrons. The number of benzene rings is 1. The molecule has 1 unspecified atom stereocenters. The smallest absolute Gasteiger partial charge is 0.297 e. The van der Waals surface area contributed by atoms with Crippen LogP contribution in [0.15, 0.2) is 39.8 Å². The third-order valence-electron chi connectivity index (χ3n) is 4.63. The molecule has 1 atom stereocenters. The van der Waals surface area contributed by atoms with Crippen LogP contribution in [0.1, 0.15) is 12.8 Å². The van der Waals surface area contributed by atoms with E-state index in [0.29, 0.717) is 24.2 Å². The lowest BCUT2D eigenvalue weighted by Gasteiger charge is -2.23. The van der Waals surface area contributed by atoms with Crippen molar-refractivity contribution in [2.75, 3.05) is 13.1 Å². The van der Waals surface area contributed by atoms with E-state index in [2.05, 4.69) is 4.98 Å². The van der Waals surface area contributed by atoms with E-state index in [1.165, 1.54) is 10.9 Å². The molecule has 0 spiro atoms. The van der Waals surface area contributed by atoms with Crippen LogP contribution in [0.5, 0.6) is 0 Å². The maximum atomic E-state index is 12.6. The molecule has 3 aromatic rings. The monoisotopic (exact) mass is 326 g/mol. The van der Waals surface area contributed by atoms with Gasteiger partial charge in [-0.1, -0.05) is 12.1 Å². The first-order chi connectivity index (χ1) is 11.7. The lowest BCUT2D eigenvalue weighted by Crippen LogP contribution is -2.42. The van der Waals surface area contributed by atoms with Gasteiger partial charge >= 0.3 is 0 Å². The number of carbonyl (C=O) groups excluding carboxylic acids is 1. The Hall–Kier alpha value is -2.67. The van der Waals surface area contributed by atoms with E-state index < -0.39 is 0 Å². The largest absolute Gasteiger partial charge is 0.448 e. The third-order valence-corrected chi connectivity index (χ3v) is 4.63. The number of nitrogens with zero attached hydrogens (tertiary/aromatic N) is 3. The van der Waals surface area contributed by atoms with Crippen molar-refractivity contribution in [3.05, 3.63) is 40.9 Å². The Labute approximate surface area is 137 Å². The fourth-order valence-electron chi connectivity index (χ4n) is 3.37. The molecular formula is C17H18N4O3. The van der Waals surface area contributed by atoms with Crippen LogP contribution in [0, 0.1) is 0 Å². The minimum absolute atomic E-state index is 0.0463. The van der Waals surface area contributed by atoms with E-state index in [-0.39, 0.29) is 29.6 Å². The molecule has 0 saturated carbocycles. The third kappa shape index (κ3) is 2.28. The predicted molar refractivity (Wildman–Crippen MR) is 89.6 cm³/mol. The summed E-state index contributed by atoms with van der Waals surface area (Å²) in [6.07, 6.45) is 3.28. The fraction of sp³-hybridized carbons (Fsp3) is 0.353. The molecule has 1 fully saturated rings. The molecule has 3 heterocycles. The zero-order valence-corrected chi connectivity index (χ0v) is 13.1. The van der Waals surface area contributed by atoms with E-state index in [1.54, 1.807) is 11.0 Å². The Morgan fingerprint density at radius 1 is 1.38 bits per heavy atom. The van der Waals surface area contributed by atoms with Gasteiger partial charge in [0.05, 0.1) is 6.33 Å². The lowest BCUT2D eigenvalue weighted by atomic mass is 10.2. The highest BCUT2D eigenvalue weighted by Crippen LogP contribution is 2.24. The van der Waals surface area contributed by atoms with Crippen molar-refractivity contribution in [3.8, 4) is 0 Å². The summed E-state index contributed by atoms with van der Waals surface area (Å²) >= 11 is 0. The van der Waals surface area contributed by atoms with Crippen molar-refractivity contribution < 1.29 is 9.21 Å². The number of hydrogen-bond acceptors (Lipinski definition) is 5. The summed E-state index contributed by atoms with van der Waals surface area (Å²) in [5.41, 5.74) is 6.70. The second-order valence-electron chi connectivity index (χ2n) is 6.07. The quantitative estimate of drug-likeness (QED) is 0.777. The highest BCUT2D eigenvalue weighted by Gasteiger charge is 2.28. The molecule has 1 amide bonds. The standard InChI is InChI=1S/C17H18N4O3/c18-8-11-4-3-7-21(11)14(22)9-20-10-19-15-12-5-1-2-6-13(12)24-16(15)17(20)23/h1-2,5-6,10-11H,3-4,7-9,18H2. The minimum atomic E-state index is -0.340. The van der Waals surface area contributed by atoms with Crippen LogP contribution in [-0.4, -0.2) is 39.5 Å². The number of furan rings is 1. The first-order valence-electron chi connectivity index (χ1n) is 8.05. The van der Waals surface area contributed by atoms with Gasteiger partial charge in [-0.15, -0.1) is 0 Å². The van der Waals surface area contributed by atoms with Gasteiger partial charge in [0.15, 0.2) is 0 Å². The minimum Gasteiger partial charge on any atom is -0.448 e. The maximum Gasteiger partial charge on any atom is 0.297 e. The number of likely N-dealkylation sites (tertiary alicyclic amines) is 1. The molecule has 0 aliphatic carbocycles. The van der Waals surface area contributed by atoms with Gasteiger partial charge in [0, 0.05) is 24.5 Å². The fourth-order valence-corrected chi connectivity index (χ4v) is 3.37. The van der Waals surface area contributed by atoms with Crippen LogP contribution >= 0.6 is 0 Å². The number of fused-ring (bicyclic) bond motifs is 3. The van der Waals surface area contributed by atoms with Crippen molar-refractivity contribution >= 4 is 28.0 Å². The van der Waals surface area contributed by atoms with Crippen molar-refractivity contribution in [2.45, 2.75) is 25.4 Å². The molecule has 7 nitrogen and oxygen atoms in total. The normalized spacial score (nSPS) is 17.9. The number of hydrogen-bond donors (Lipinski definition) is 1. The Morgan fingerprint density at radius 3 is 3.04 bits per heavy atom. The summed E-state index contributed by atoms with van der Waals surface area (Å²) in [6, 6.07) is 7.43. The second-order valence-corrected chi connectivity index (χ2v) is 6.07. The molecule has 1 aliphatic rings. The number of aromatic nitrogens is 2. The maximum absolute atomic E-state index is 12.6. The molecule has 1 saturated heterocycles. The van der Waals surface area contributed by atoms with Gasteiger partial charge in [0.2, 0.25) is 11.5 Å². The van der Waals surface area contributed by atoms with Crippen molar-refractivity contribution in [3.63, 3.8) is 0 Å². The molecular weight excluding hydrogens is 308 g/mol. The van der Waals surface area contributed by atoms with Crippen LogP contribution in [0.2, 0.25) is 0 Å². The summed E-state index contributed by atoms with van der Waals surface area (Å²) in [5.74, 6) is -0.109. The summed E-state index contributed by atoms with van der Waals surface area (Å²) in [4.78, 5) is 31.2. The lowest BCUT2D eigenvalue weighted by molar-refractivity contribution is -0.132. The van der Waals surface area contributed by atoms with Gasteiger partial charge < -0.3 is 15.1 Å². The second kappa shape index (κ2) is 5.76. The van der Waals surface area contributed by atoms with Crippen molar-refractivity contribution in [1.29, 1.82) is 0 Å². The van der Waals surface area contributed by atoms with Gasteiger partial charge in [-0.25, -0.2) is 4.98 Å². The number of carbonyl (C=O) groups is 1. The molecule has 2 aromatic heterocycles. The number of rotatable bonds is 3. The average Bonchev–Trinajstić information content (AvgIpc) is 3.21. The molecule has 7 heteroatoms. The summed E-state index contributed by atoms with van der Waals surface area (Å²) in [6.45, 7) is 1.09. The molecule has 1 aliphatic heterocycles. The molecule has 4 rings (SSSR count). The van der Waals surface area contributed by atoms with E-state index >= 15 is 0 Å². The van der Waals surface area contributed by atoms with E-state index in [1.807, 2.05) is 18.2 Å².